The van der Waals surface area contributed by atoms with Crippen LogP contribution in [0.5, 0.6) is 0 Å². The Balaban J connectivity index is 1.54. The number of amides is 1. The van der Waals surface area contributed by atoms with E-state index < -0.39 is 0 Å². The van der Waals surface area contributed by atoms with Gasteiger partial charge in [-0.25, -0.2) is 0 Å². The Kier molecular flexibility index (Phi) is 9.99. The lowest BCUT2D eigenvalue weighted by molar-refractivity contribution is -0.132. The number of hydrogen-bond acceptors (Lipinski definition) is 3. The van der Waals surface area contributed by atoms with Gasteiger partial charge < -0.3 is 10.2 Å². The van der Waals surface area contributed by atoms with Crippen LogP contribution in [-0.4, -0.2) is 36.7 Å². The maximum absolute atomic E-state index is 13.0. The Morgan fingerprint density at radius 2 is 1.76 bits per heavy atom. The highest BCUT2D eigenvalue weighted by molar-refractivity contribution is 6.42. The maximum Gasteiger partial charge on any atom is 0.222 e. The van der Waals surface area contributed by atoms with Crippen LogP contribution in [-0.2, 0) is 9.59 Å². The molecular weight excluding hydrogens is 467 g/mol. The molecule has 0 radical (unpaired) electrons. The molecule has 6 heteroatoms. The van der Waals surface area contributed by atoms with Crippen LogP contribution in [0, 0.1) is 5.92 Å². The molecule has 1 aliphatic rings. The fourth-order valence-electron chi connectivity index (χ4n) is 4.76. The second kappa shape index (κ2) is 12.7. The van der Waals surface area contributed by atoms with Crippen LogP contribution in [0.25, 0.3) is 0 Å². The molecular formula is C28H36Cl2N2O2. The smallest absolute Gasteiger partial charge is 0.222 e. The minimum atomic E-state index is 0.0601. The molecule has 184 valence electrons. The highest BCUT2D eigenvalue weighted by Crippen LogP contribution is 2.44. The van der Waals surface area contributed by atoms with Crippen molar-refractivity contribution in [3.05, 3.63) is 69.2 Å². The summed E-state index contributed by atoms with van der Waals surface area (Å²) < 4.78 is 0. The van der Waals surface area contributed by atoms with Gasteiger partial charge >= 0.3 is 0 Å². The number of nitrogens with one attached hydrogen (secondary N) is 1. The first-order valence-electron chi connectivity index (χ1n) is 12.3. The normalized spacial score (nSPS) is 18.3. The molecule has 1 N–H and O–H groups in total. The van der Waals surface area contributed by atoms with Crippen LogP contribution in [0.2, 0.25) is 10.0 Å². The first kappa shape index (κ1) is 26.7. The van der Waals surface area contributed by atoms with Crippen molar-refractivity contribution in [2.45, 2.75) is 64.3 Å². The predicted octanol–water partition coefficient (Wildman–Crippen LogP) is 6.79. The van der Waals surface area contributed by atoms with Crippen LogP contribution in [0.15, 0.2) is 42.5 Å². The highest BCUT2D eigenvalue weighted by Gasteiger charge is 2.32. The van der Waals surface area contributed by atoms with Gasteiger partial charge in [0, 0.05) is 31.8 Å². The maximum atomic E-state index is 13.0. The number of unbranched alkanes of at least 4 members (excludes halogenated alkanes) is 2. The summed E-state index contributed by atoms with van der Waals surface area (Å²) in [7, 11) is 1.94. The number of nitrogens with zero attached hydrogens (tertiary/aromatic N) is 1. The Hall–Kier alpha value is -1.88. The molecule has 0 bridgehead atoms. The Bertz CT molecular complexity index is 994. The third kappa shape index (κ3) is 6.84. The van der Waals surface area contributed by atoms with Gasteiger partial charge in [0.2, 0.25) is 5.91 Å². The molecule has 0 aromatic heterocycles. The molecule has 0 spiro atoms. The lowest BCUT2D eigenvalue weighted by atomic mass is 9.76. The molecule has 2 aromatic rings. The van der Waals surface area contributed by atoms with E-state index in [9.17, 15) is 9.59 Å². The first-order chi connectivity index (χ1) is 16.3. The van der Waals surface area contributed by atoms with E-state index in [1.54, 1.807) is 6.92 Å². The molecule has 34 heavy (non-hydrogen) atoms. The van der Waals surface area contributed by atoms with Gasteiger partial charge in [-0.05, 0) is 68.0 Å². The molecule has 1 aliphatic carbocycles. The number of halogens is 2. The molecule has 1 amide bonds. The zero-order valence-electron chi connectivity index (χ0n) is 20.4. The average Bonchev–Trinajstić information content (AvgIpc) is 2.83. The Morgan fingerprint density at radius 1 is 1.03 bits per heavy atom. The minimum absolute atomic E-state index is 0.0601. The van der Waals surface area contributed by atoms with Crippen LogP contribution in [0.4, 0.5) is 0 Å². The van der Waals surface area contributed by atoms with Crippen molar-refractivity contribution in [2.75, 3.05) is 20.1 Å². The van der Waals surface area contributed by atoms with E-state index in [1.807, 2.05) is 31.0 Å². The summed E-state index contributed by atoms with van der Waals surface area (Å²) in [5, 5.41) is 4.48. The largest absolute Gasteiger partial charge is 0.339 e. The SMILES string of the molecule is CC(=O)C(C)CNCCCCCC(=O)N(C)[C@H]1CC[C@@H](c2ccc(Cl)c(Cl)c2)c2ccccc21. The molecule has 0 saturated carbocycles. The van der Waals surface area contributed by atoms with E-state index in [0.29, 0.717) is 16.5 Å². The van der Waals surface area contributed by atoms with E-state index in [1.165, 1.54) is 16.7 Å². The standard InChI is InChI=1S/C28H36Cl2N2O2/c1-19(20(2)33)18-31-16-8-4-5-11-28(34)32(3)27-15-13-22(23-9-6-7-10-24(23)27)21-12-14-25(29)26(30)17-21/h6-7,9-10,12,14,17,19,22,27,31H,4-5,8,11,13,15-16,18H2,1-3H3/t19?,22-,27-/m0/s1. The Morgan fingerprint density at radius 3 is 2.47 bits per heavy atom. The number of benzene rings is 2. The highest BCUT2D eigenvalue weighted by atomic mass is 35.5. The average molecular weight is 504 g/mol. The van der Waals surface area contributed by atoms with Crippen molar-refractivity contribution in [2.24, 2.45) is 5.92 Å². The minimum Gasteiger partial charge on any atom is -0.339 e. The summed E-state index contributed by atoms with van der Waals surface area (Å²) in [6.07, 6.45) is 5.34. The van der Waals surface area contributed by atoms with Crippen molar-refractivity contribution in [3.8, 4) is 0 Å². The van der Waals surface area contributed by atoms with E-state index >= 15 is 0 Å². The fourth-order valence-corrected chi connectivity index (χ4v) is 5.07. The zero-order valence-corrected chi connectivity index (χ0v) is 22.0. The van der Waals surface area contributed by atoms with Crippen molar-refractivity contribution in [1.82, 2.24) is 10.2 Å². The molecule has 3 rings (SSSR count). The first-order valence-corrected chi connectivity index (χ1v) is 13.1. The zero-order chi connectivity index (χ0) is 24.7. The van der Waals surface area contributed by atoms with E-state index in [0.717, 1.165) is 45.2 Å². The van der Waals surface area contributed by atoms with Gasteiger partial charge in [-0.1, -0.05) is 66.9 Å². The van der Waals surface area contributed by atoms with E-state index in [4.69, 9.17) is 23.2 Å². The second-order valence-corrected chi connectivity index (χ2v) is 10.3. The summed E-state index contributed by atoms with van der Waals surface area (Å²) in [5.74, 6) is 0.730. The lowest BCUT2D eigenvalue weighted by Gasteiger charge is -2.37. The predicted molar refractivity (Wildman–Crippen MR) is 141 cm³/mol. The van der Waals surface area contributed by atoms with Gasteiger partial charge in [0.15, 0.2) is 0 Å². The molecule has 3 atom stereocenters. The number of rotatable bonds is 11. The van der Waals surface area contributed by atoms with Crippen LogP contribution in [0.1, 0.15) is 81.0 Å². The second-order valence-electron chi connectivity index (χ2n) is 9.48. The number of ketones is 1. The quantitative estimate of drug-likeness (QED) is 0.344. The van der Waals surface area contributed by atoms with Gasteiger partial charge in [-0.2, -0.15) is 0 Å². The van der Waals surface area contributed by atoms with Crippen LogP contribution >= 0.6 is 23.2 Å². The molecule has 1 unspecified atom stereocenters. The summed E-state index contributed by atoms with van der Waals surface area (Å²) in [5.41, 5.74) is 3.66. The van der Waals surface area contributed by atoms with E-state index in [2.05, 4.69) is 35.6 Å². The van der Waals surface area contributed by atoms with Gasteiger partial charge in [-0.3, -0.25) is 9.59 Å². The molecule has 0 heterocycles. The molecule has 2 aromatic carbocycles. The van der Waals surface area contributed by atoms with Crippen molar-refractivity contribution in [3.63, 3.8) is 0 Å². The van der Waals surface area contributed by atoms with Crippen LogP contribution < -0.4 is 5.32 Å². The van der Waals surface area contributed by atoms with Gasteiger partial charge in [0.25, 0.3) is 0 Å². The van der Waals surface area contributed by atoms with Gasteiger partial charge in [-0.15, -0.1) is 0 Å². The molecule has 0 fully saturated rings. The fraction of sp³-hybridized carbons (Fsp3) is 0.500. The number of hydrogen-bond donors (Lipinski definition) is 1. The van der Waals surface area contributed by atoms with Crippen LogP contribution in [0.3, 0.4) is 0 Å². The topological polar surface area (TPSA) is 49.4 Å². The van der Waals surface area contributed by atoms with Gasteiger partial charge in [0.1, 0.15) is 5.78 Å². The summed E-state index contributed by atoms with van der Waals surface area (Å²) in [4.78, 5) is 26.2. The van der Waals surface area contributed by atoms with Crippen molar-refractivity contribution < 1.29 is 9.59 Å². The number of fused-ring (bicyclic) bond motifs is 1. The molecule has 0 aliphatic heterocycles. The monoisotopic (exact) mass is 502 g/mol. The summed E-state index contributed by atoms with van der Waals surface area (Å²) in [6.45, 7) is 5.18. The lowest BCUT2D eigenvalue weighted by Crippen LogP contribution is -2.34. The molecule has 0 saturated heterocycles. The summed E-state index contributed by atoms with van der Waals surface area (Å²) in [6, 6.07) is 14.4. The number of carbonyl (C=O) groups excluding carboxylic acids is 2. The third-order valence-electron chi connectivity index (χ3n) is 7.05. The summed E-state index contributed by atoms with van der Waals surface area (Å²) >= 11 is 12.4. The number of Topliss-reactive ketones (excluding diaryl/α,β-unsaturated/α-hetero) is 1. The third-order valence-corrected chi connectivity index (χ3v) is 7.79. The van der Waals surface area contributed by atoms with E-state index in [-0.39, 0.29) is 29.6 Å². The number of carbonyl (C=O) groups is 2. The van der Waals surface area contributed by atoms with Gasteiger partial charge in [0.05, 0.1) is 16.1 Å². The van der Waals surface area contributed by atoms with Crippen molar-refractivity contribution >= 4 is 34.9 Å². The van der Waals surface area contributed by atoms with Crippen molar-refractivity contribution in [1.29, 1.82) is 0 Å². The Labute approximate surface area is 214 Å². The molecule has 4 nitrogen and oxygen atoms in total.